The van der Waals surface area contributed by atoms with Gasteiger partial charge in [-0.1, -0.05) is 0 Å². The molecule has 0 unspecified atom stereocenters. The van der Waals surface area contributed by atoms with Crippen molar-refractivity contribution >= 4 is 5.97 Å². The molecule has 0 aromatic carbocycles. The fourth-order valence-corrected chi connectivity index (χ4v) is 0.839. The molecule has 0 spiro atoms. The molecule has 0 atom stereocenters. The van der Waals surface area contributed by atoms with Crippen molar-refractivity contribution in [3.63, 3.8) is 0 Å². The zero-order valence-corrected chi connectivity index (χ0v) is 10.3. The van der Waals surface area contributed by atoms with E-state index in [0.29, 0.717) is 0 Å². The number of hydrogen-bond donors (Lipinski definition) is 0. The molecule has 0 saturated carbocycles. The van der Waals surface area contributed by atoms with E-state index < -0.39 is 5.97 Å². The van der Waals surface area contributed by atoms with E-state index in [4.69, 9.17) is 10.5 Å². The van der Waals surface area contributed by atoms with E-state index in [1.165, 1.54) is 0 Å². The summed E-state index contributed by atoms with van der Waals surface area (Å²) in [6.07, 6.45) is 0. The number of esters is 1. The summed E-state index contributed by atoms with van der Waals surface area (Å²) in [5.41, 5.74) is -0.493. The first-order valence-corrected chi connectivity index (χ1v) is 3.75. The zero-order valence-electron chi connectivity index (χ0n) is 8.31. The Morgan fingerprint density at radius 1 is 1.53 bits per heavy atom. The van der Waals surface area contributed by atoms with Gasteiger partial charge in [-0.15, -0.1) is 0 Å². The van der Waals surface area contributed by atoms with Crippen molar-refractivity contribution in [2.24, 2.45) is 0 Å². The van der Waals surface area contributed by atoms with Gasteiger partial charge in [0.1, 0.15) is 17.8 Å². The van der Waals surface area contributed by atoms with Crippen LogP contribution in [0.15, 0.2) is 0 Å². The fraction of sp³-hybridized carbons (Fsp3) is 0.250. The van der Waals surface area contributed by atoms with E-state index in [9.17, 15) is 4.79 Å². The van der Waals surface area contributed by atoms with Crippen molar-refractivity contribution in [2.45, 2.75) is 6.92 Å². The summed E-state index contributed by atoms with van der Waals surface area (Å²) < 4.78 is 4.63. The first-order valence-electron chi connectivity index (χ1n) is 3.75. The van der Waals surface area contributed by atoms with Crippen LogP contribution in [0.5, 0.6) is 0 Å². The second-order valence-corrected chi connectivity index (χ2v) is 2.22. The third-order valence-electron chi connectivity index (χ3n) is 1.41. The first-order chi connectivity index (χ1) is 6.74. The Bertz CT molecular complexity index is 440. The van der Waals surface area contributed by atoms with Crippen LogP contribution in [-0.2, 0) is 4.74 Å². The fourth-order valence-electron chi connectivity index (χ4n) is 0.839. The van der Waals surface area contributed by atoms with E-state index in [-0.39, 0.29) is 53.1 Å². The number of nitriles is 2. The number of rotatable bonds is 2. The number of carbonyl (C=O) groups excluding carboxylic acids is 1. The quantitative estimate of drug-likeness (QED) is 0.381. The maximum absolute atomic E-state index is 11.2. The molecular formula is C8H5N4NaO2. The van der Waals surface area contributed by atoms with Gasteiger partial charge in [0.25, 0.3) is 0 Å². The molecule has 1 aromatic heterocycles. The minimum atomic E-state index is -0.738. The molecule has 70 valence electrons. The van der Waals surface area contributed by atoms with Crippen molar-refractivity contribution in [3.8, 4) is 12.1 Å². The Hall–Kier alpha value is -1.34. The van der Waals surface area contributed by atoms with Gasteiger partial charge in [0.05, 0.1) is 12.2 Å². The van der Waals surface area contributed by atoms with Gasteiger partial charge >= 0.3 is 35.5 Å². The van der Waals surface area contributed by atoms with Crippen LogP contribution in [0.25, 0.3) is 0 Å². The van der Waals surface area contributed by atoms with Crippen molar-refractivity contribution in [2.75, 3.05) is 6.61 Å². The van der Waals surface area contributed by atoms with Crippen molar-refractivity contribution in [1.82, 2.24) is 10.2 Å². The van der Waals surface area contributed by atoms with Crippen LogP contribution >= 0.6 is 0 Å². The summed E-state index contributed by atoms with van der Waals surface area (Å²) in [5.74, 6) is -0.738. The third-order valence-corrected chi connectivity index (χ3v) is 1.41. The molecular weight excluding hydrogens is 207 g/mol. The predicted octanol–water partition coefficient (Wildman–Crippen LogP) is -3.04. The molecule has 6 nitrogen and oxygen atoms in total. The van der Waals surface area contributed by atoms with Gasteiger partial charge in [0.15, 0.2) is 0 Å². The van der Waals surface area contributed by atoms with E-state index in [1.807, 2.05) is 0 Å². The number of carbonyl (C=O) groups is 1. The molecule has 0 fully saturated rings. The summed E-state index contributed by atoms with van der Waals surface area (Å²) >= 11 is 0. The van der Waals surface area contributed by atoms with Gasteiger partial charge in [-0.05, 0) is 12.6 Å². The van der Waals surface area contributed by atoms with Crippen LogP contribution in [-0.4, -0.2) is 17.7 Å². The van der Waals surface area contributed by atoms with Crippen molar-refractivity contribution in [1.29, 1.82) is 10.5 Å². The van der Waals surface area contributed by atoms with E-state index in [0.717, 1.165) is 0 Å². The molecule has 0 aliphatic carbocycles. The van der Waals surface area contributed by atoms with Gasteiger partial charge in [-0.3, -0.25) is 0 Å². The minimum Gasteiger partial charge on any atom is -0.567 e. The minimum absolute atomic E-state index is 0. The van der Waals surface area contributed by atoms with Crippen molar-refractivity contribution in [3.05, 3.63) is 17.0 Å². The summed E-state index contributed by atoms with van der Waals surface area (Å²) in [6.45, 7) is 1.81. The monoisotopic (exact) mass is 212 g/mol. The maximum Gasteiger partial charge on any atom is 1.00 e. The maximum atomic E-state index is 11.2. The second-order valence-electron chi connectivity index (χ2n) is 2.22. The third kappa shape index (κ3) is 2.80. The predicted molar refractivity (Wildman–Crippen MR) is 42.9 cm³/mol. The number of hydrogen-bond acceptors (Lipinski definition) is 5. The normalized spacial score (nSPS) is 8.20. The molecule has 0 aliphatic rings. The SMILES string of the molecule is CCOC(=O)c1[n-]nc(C#N)c1C#N.[Na+]. The van der Waals surface area contributed by atoms with Crippen LogP contribution in [0.3, 0.4) is 0 Å². The molecule has 0 aliphatic heterocycles. The van der Waals surface area contributed by atoms with E-state index >= 15 is 0 Å². The summed E-state index contributed by atoms with van der Waals surface area (Å²) in [4.78, 5) is 11.2. The van der Waals surface area contributed by atoms with E-state index in [1.54, 1.807) is 19.1 Å². The summed E-state index contributed by atoms with van der Waals surface area (Å²) in [6, 6.07) is 3.35. The Balaban J connectivity index is 0.00000196. The largest absolute Gasteiger partial charge is 1.00 e. The second kappa shape index (κ2) is 6.20. The molecule has 1 aromatic rings. The number of aromatic nitrogens is 2. The molecule has 0 N–H and O–H groups in total. The average molecular weight is 212 g/mol. The molecule has 1 rings (SSSR count). The Kier molecular flexibility index (Phi) is 5.65. The molecule has 7 heteroatoms. The Morgan fingerprint density at radius 3 is 2.67 bits per heavy atom. The smallest absolute Gasteiger partial charge is 0.567 e. The van der Waals surface area contributed by atoms with Gasteiger partial charge in [-0.25, -0.2) is 4.79 Å². The van der Waals surface area contributed by atoms with Crippen LogP contribution < -0.4 is 34.7 Å². The Labute approximate surface area is 108 Å². The van der Waals surface area contributed by atoms with Crippen LogP contribution in [0.1, 0.15) is 28.7 Å². The first kappa shape index (κ1) is 13.7. The van der Waals surface area contributed by atoms with Crippen LogP contribution in [0, 0.1) is 22.7 Å². The van der Waals surface area contributed by atoms with Gasteiger partial charge in [0, 0.05) is 0 Å². The molecule has 0 bridgehead atoms. The zero-order chi connectivity index (χ0) is 10.6. The van der Waals surface area contributed by atoms with Gasteiger partial charge < -0.3 is 14.9 Å². The molecule has 0 amide bonds. The van der Waals surface area contributed by atoms with Crippen LogP contribution in [0.4, 0.5) is 0 Å². The molecule has 0 radical (unpaired) electrons. The van der Waals surface area contributed by atoms with E-state index in [2.05, 4.69) is 14.9 Å². The molecule has 15 heavy (non-hydrogen) atoms. The molecule has 0 saturated heterocycles. The average Bonchev–Trinajstić information content (AvgIpc) is 2.60. The van der Waals surface area contributed by atoms with Gasteiger partial charge in [0.2, 0.25) is 0 Å². The van der Waals surface area contributed by atoms with Crippen molar-refractivity contribution < 1.29 is 39.1 Å². The standard InChI is InChI=1S/C8H6N4O2.Na/c1-2-14-8(13)7-5(3-9)6(4-10)11-12-7;/h2H2,1H3,(H,11,12,13);/q;+1/p-1. The number of nitrogens with zero attached hydrogens (tertiary/aromatic N) is 4. The molecule has 1 heterocycles. The Morgan fingerprint density at radius 2 is 2.20 bits per heavy atom. The summed E-state index contributed by atoms with van der Waals surface area (Å²) in [7, 11) is 0. The van der Waals surface area contributed by atoms with Crippen LogP contribution in [0.2, 0.25) is 0 Å². The summed E-state index contributed by atoms with van der Waals surface area (Å²) in [5, 5.41) is 23.9. The number of ether oxygens (including phenoxy) is 1. The van der Waals surface area contributed by atoms with Gasteiger partial charge in [-0.2, -0.15) is 10.5 Å². The topological polar surface area (TPSA) is 101 Å².